The fraction of sp³-hybridized carbons (Fsp3) is 0.925. The lowest BCUT2D eigenvalue weighted by molar-refractivity contribution is -0.167. The smallest absolute Gasteiger partial charge is 0.338 e. The second-order valence-electron chi connectivity index (χ2n) is 19.0. The van der Waals surface area contributed by atoms with Crippen LogP contribution in [0.1, 0.15) is 290 Å². The topological polar surface area (TPSA) is 112 Å². The summed E-state index contributed by atoms with van der Waals surface area (Å²) in [5.41, 5.74) is -2.32. The van der Waals surface area contributed by atoms with E-state index in [-0.39, 0.29) is 31.6 Å². The first-order valence-electron chi connectivity index (χ1n) is 26.6. The van der Waals surface area contributed by atoms with Gasteiger partial charge in [0.25, 0.3) is 0 Å². The van der Waals surface area contributed by atoms with Gasteiger partial charge in [-0.1, -0.05) is 252 Å². The van der Waals surface area contributed by atoms with Gasteiger partial charge in [0.2, 0.25) is 11.4 Å². The lowest BCUT2D eigenvalue weighted by Crippen LogP contribution is -2.63. The van der Waals surface area contributed by atoms with Gasteiger partial charge < -0.3 is 15.1 Å². The van der Waals surface area contributed by atoms with Crippen molar-refractivity contribution in [3.05, 3.63) is 0 Å². The summed E-state index contributed by atoms with van der Waals surface area (Å²) in [5.74, 6) is -4.27. The maximum absolute atomic E-state index is 14.2. The summed E-state index contributed by atoms with van der Waals surface area (Å²) in [6.45, 7) is 6.47. The molecule has 7 heteroatoms. The highest BCUT2D eigenvalue weighted by molar-refractivity contribution is 6.15. The third-order valence-corrected chi connectivity index (χ3v) is 13.6. The summed E-state index contributed by atoms with van der Waals surface area (Å²) >= 11 is 0. The molecule has 1 saturated heterocycles. The Balaban J connectivity index is 2.71. The minimum atomic E-state index is -2.32. The van der Waals surface area contributed by atoms with Crippen molar-refractivity contribution in [2.45, 2.75) is 302 Å². The number of β-amino-alcohol motifs (C(OH)–C–C–N with tert-alkyl or cyclic N) is 1. The van der Waals surface area contributed by atoms with Gasteiger partial charge in [-0.05, 0) is 19.3 Å². The van der Waals surface area contributed by atoms with E-state index in [1.54, 1.807) is 0 Å². The van der Waals surface area contributed by atoms with Crippen LogP contribution in [0.4, 0.5) is 0 Å². The van der Waals surface area contributed by atoms with Crippen molar-refractivity contribution >= 4 is 23.4 Å². The Kier molecular flexibility index (Phi) is 36.5. The van der Waals surface area contributed by atoms with E-state index < -0.39 is 35.2 Å². The molecule has 1 heterocycles. The van der Waals surface area contributed by atoms with Gasteiger partial charge >= 0.3 is 5.97 Å². The molecule has 7 nitrogen and oxygen atoms in total. The predicted octanol–water partition coefficient (Wildman–Crippen LogP) is 15.2. The number of Topliss-reactive ketones (excluding diaryl/α,β-unsaturated/α-hetero) is 2. The first-order valence-corrected chi connectivity index (χ1v) is 26.6. The van der Waals surface area contributed by atoms with E-state index in [9.17, 15) is 29.4 Å². The zero-order valence-electron chi connectivity index (χ0n) is 40.0. The van der Waals surface area contributed by atoms with E-state index in [1.807, 2.05) is 0 Å². The highest BCUT2D eigenvalue weighted by Crippen LogP contribution is 2.40. The van der Waals surface area contributed by atoms with Crippen LogP contribution in [0.2, 0.25) is 0 Å². The lowest BCUT2D eigenvalue weighted by atomic mass is 9.74. The van der Waals surface area contributed by atoms with Crippen molar-refractivity contribution in [3.63, 3.8) is 0 Å². The van der Waals surface area contributed by atoms with Gasteiger partial charge in [-0.25, -0.2) is 4.79 Å². The minimum Gasteiger partial charge on any atom is -0.479 e. The first kappa shape index (κ1) is 56.3. The molecule has 1 aliphatic heterocycles. The molecule has 0 bridgehead atoms. The van der Waals surface area contributed by atoms with Gasteiger partial charge in [-0.2, -0.15) is 0 Å². The number of carboxylic acid groups (broad SMARTS) is 1. The van der Waals surface area contributed by atoms with Gasteiger partial charge in [0, 0.05) is 25.8 Å². The van der Waals surface area contributed by atoms with Gasteiger partial charge in [0.1, 0.15) is 5.78 Å². The molecule has 60 heavy (non-hydrogen) atoms. The second kappa shape index (κ2) is 38.9. The van der Waals surface area contributed by atoms with E-state index >= 15 is 0 Å². The summed E-state index contributed by atoms with van der Waals surface area (Å²) < 4.78 is 0. The Bertz CT molecular complexity index is 1060. The normalized spacial score (nSPS) is 17.8. The number of carbonyl (C=O) groups is 4. The predicted molar refractivity (Wildman–Crippen MR) is 253 cm³/mol. The first-order chi connectivity index (χ1) is 29.3. The van der Waals surface area contributed by atoms with Crippen LogP contribution in [0, 0.1) is 5.92 Å². The van der Waals surface area contributed by atoms with Crippen LogP contribution in [-0.4, -0.2) is 56.7 Å². The zero-order valence-corrected chi connectivity index (χ0v) is 40.0. The average Bonchev–Trinajstić information content (AvgIpc) is 3.56. The summed E-state index contributed by atoms with van der Waals surface area (Å²) in [4.78, 5) is 56.5. The maximum atomic E-state index is 14.2. The van der Waals surface area contributed by atoms with Crippen LogP contribution in [0.15, 0.2) is 0 Å². The molecule has 0 saturated carbocycles. The van der Waals surface area contributed by atoms with Gasteiger partial charge in [0.05, 0.1) is 12.0 Å². The molecule has 0 spiro atoms. The number of amides is 1. The van der Waals surface area contributed by atoms with Crippen LogP contribution in [0.5, 0.6) is 0 Å². The molecule has 0 aromatic heterocycles. The average molecular weight is 846 g/mol. The molecule has 2 N–H and O–H groups in total. The largest absolute Gasteiger partial charge is 0.479 e. The number of nitrogens with zero attached hydrogens (tertiary/aromatic N) is 1. The number of aliphatic hydroxyl groups is 1. The molecular formula is C53H99NO6. The van der Waals surface area contributed by atoms with E-state index in [0.717, 1.165) is 62.7 Å². The highest BCUT2D eigenvalue weighted by atomic mass is 16.4. The summed E-state index contributed by atoms with van der Waals surface area (Å²) in [7, 11) is 0. The van der Waals surface area contributed by atoms with E-state index in [4.69, 9.17) is 0 Å². The van der Waals surface area contributed by atoms with Crippen molar-refractivity contribution in [2.75, 3.05) is 6.54 Å². The van der Waals surface area contributed by atoms with Gasteiger partial charge in [-0.15, -0.1) is 0 Å². The minimum absolute atomic E-state index is 0.00181. The van der Waals surface area contributed by atoms with Crippen LogP contribution < -0.4 is 0 Å². The van der Waals surface area contributed by atoms with Crippen molar-refractivity contribution in [1.29, 1.82) is 0 Å². The quantitative estimate of drug-likeness (QED) is 0.0466. The van der Waals surface area contributed by atoms with Gasteiger partial charge in [0.15, 0.2) is 5.78 Å². The Hall–Kier alpha value is -1.76. The van der Waals surface area contributed by atoms with Crippen LogP contribution in [0.25, 0.3) is 0 Å². The molecule has 0 aromatic rings. The molecule has 1 unspecified atom stereocenters. The SMILES string of the molecule is CCCCCCCCCCCCCCCC(=O)C1[C@@H](O)CN(C(=O)CCCCCCCCCCCCCCC)[C@@]1(C(=O)O)C(=O)CCCCCCCCCCCCCCC. The van der Waals surface area contributed by atoms with Gasteiger partial charge in [-0.3, -0.25) is 14.4 Å². The second-order valence-corrected chi connectivity index (χ2v) is 19.0. The third-order valence-electron chi connectivity index (χ3n) is 13.6. The summed E-state index contributed by atoms with van der Waals surface area (Å²) in [6, 6.07) is 0. The number of carboxylic acids is 1. The number of hydrogen-bond donors (Lipinski definition) is 2. The van der Waals surface area contributed by atoms with E-state index in [1.165, 1.54) is 173 Å². The molecule has 3 atom stereocenters. The third kappa shape index (κ3) is 24.8. The molecule has 0 radical (unpaired) electrons. The Morgan fingerprint density at radius 3 is 0.983 bits per heavy atom. The molecule has 0 aromatic carbocycles. The fourth-order valence-electron chi connectivity index (χ4n) is 9.72. The number of rotatable bonds is 45. The molecule has 1 aliphatic rings. The van der Waals surface area contributed by atoms with Crippen molar-refractivity contribution in [2.24, 2.45) is 5.92 Å². The highest BCUT2D eigenvalue weighted by Gasteiger charge is 2.66. The summed E-state index contributed by atoms with van der Waals surface area (Å²) in [6.07, 6.45) is 44.5. The van der Waals surface area contributed by atoms with Crippen molar-refractivity contribution in [3.8, 4) is 0 Å². The Morgan fingerprint density at radius 1 is 0.417 bits per heavy atom. The molecule has 352 valence electrons. The van der Waals surface area contributed by atoms with Crippen molar-refractivity contribution < 1.29 is 29.4 Å². The Labute approximate surface area is 371 Å². The van der Waals surface area contributed by atoms with Crippen molar-refractivity contribution in [1.82, 2.24) is 4.90 Å². The lowest BCUT2D eigenvalue weighted by Gasteiger charge is -2.37. The number of hydrogen-bond acceptors (Lipinski definition) is 5. The zero-order chi connectivity index (χ0) is 43.9. The fourth-order valence-corrected chi connectivity index (χ4v) is 9.72. The number of aliphatic hydroxyl groups excluding tert-OH is 1. The van der Waals surface area contributed by atoms with Crippen LogP contribution >= 0.6 is 0 Å². The summed E-state index contributed by atoms with van der Waals surface area (Å²) in [5, 5.41) is 22.2. The number of likely N-dealkylation sites (tertiary alicyclic amines) is 1. The standard InChI is InChI=1S/C53H99NO6/c1-4-7-10-13-16-19-22-25-28-31-34-37-40-43-47(55)51-48(56)46-54(50(58)45-42-39-36-33-30-27-24-21-18-15-12-9-6-3)53(51,52(59)60)49(57)44-41-38-35-32-29-26-23-20-17-14-11-8-5-2/h48,51,56H,4-46H2,1-3H3,(H,59,60)/t48-,51?,53-/m0/s1. The molecule has 1 amide bonds. The van der Waals surface area contributed by atoms with Crippen LogP contribution in [-0.2, 0) is 19.2 Å². The molecule has 1 rings (SSSR count). The molecule has 1 fully saturated rings. The number of carbonyl (C=O) groups excluding carboxylic acids is 3. The molecule has 0 aliphatic carbocycles. The molecular weight excluding hydrogens is 747 g/mol. The van der Waals surface area contributed by atoms with E-state index in [2.05, 4.69) is 20.8 Å². The Morgan fingerprint density at radius 2 is 0.683 bits per heavy atom. The number of unbranched alkanes of at least 4 members (excludes halogenated alkanes) is 36. The number of ketones is 2. The monoisotopic (exact) mass is 846 g/mol. The number of aliphatic carboxylic acids is 1. The van der Waals surface area contributed by atoms with Crippen LogP contribution in [0.3, 0.4) is 0 Å². The van der Waals surface area contributed by atoms with E-state index in [0.29, 0.717) is 19.3 Å². The maximum Gasteiger partial charge on any atom is 0.338 e.